The molecule has 1 aromatic heterocycles. The standard InChI is InChI=1S/C9H14F2N2O2/c1-6-12-7(13-15-6)5-14-9(10,11)8(2,3)4/h5H2,1-4H3. The average molecular weight is 220 g/mol. The van der Waals surface area contributed by atoms with E-state index in [2.05, 4.69) is 19.4 Å². The van der Waals surface area contributed by atoms with Gasteiger partial charge in [0.15, 0.2) is 5.82 Å². The van der Waals surface area contributed by atoms with Gasteiger partial charge in [-0.15, -0.1) is 0 Å². The number of aryl methyl sites for hydroxylation is 1. The van der Waals surface area contributed by atoms with E-state index in [1.807, 2.05) is 0 Å². The minimum absolute atomic E-state index is 0.122. The van der Waals surface area contributed by atoms with E-state index >= 15 is 0 Å². The van der Waals surface area contributed by atoms with Crippen LogP contribution >= 0.6 is 0 Å². The van der Waals surface area contributed by atoms with Crippen molar-refractivity contribution >= 4 is 0 Å². The molecule has 0 amide bonds. The summed E-state index contributed by atoms with van der Waals surface area (Å²) in [4.78, 5) is 3.76. The third-order valence-corrected chi connectivity index (χ3v) is 1.83. The van der Waals surface area contributed by atoms with E-state index in [0.717, 1.165) is 0 Å². The van der Waals surface area contributed by atoms with E-state index in [1.54, 1.807) is 6.92 Å². The first-order valence-corrected chi connectivity index (χ1v) is 4.53. The van der Waals surface area contributed by atoms with Crippen molar-refractivity contribution in [1.82, 2.24) is 10.1 Å². The number of aromatic nitrogens is 2. The molecule has 15 heavy (non-hydrogen) atoms. The summed E-state index contributed by atoms with van der Waals surface area (Å²) >= 11 is 0. The molecule has 4 nitrogen and oxygen atoms in total. The minimum atomic E-state index is -3.22. The Morgan fingerprint density at radius 2 is 1.93 bits per heavy atom. The molecule has 0 aliphatic carbocycles. The van der Waals surface area contributed by atoms with Crippen LogP contribution in [0.1, 0.15) is 32.5 Å². The molecule has 0 saturated heterocycles. The van der Waals surface area contributed by atoms with Gasteiger partial charge in [0, 0.05) is 6.92 Å². The molecule has 1 rings (SSSR count). The molecule has 0 fully saturated rings. The quantitative estimate of drug-likeness (QED) is 0.785. The fourth-order valence-electron chi connectivity index (χ4n) is 0.772. The van der Waals surface area contributed by atoms with Crippen molar-refractivity contribution in [3.05, 3.63) is 11.7 Å². The summed E-state index contributed by atoms with van der Waals surface area (Å²) in [6.07, 6.45) is -3.22. The van der Waals surface area contributed by atoms with Gasteiger partial charge in [-0.25, -0.2) is 0 Å². The Kier molecular flexibility index (Phi) is 3.08. The van der Waals surface area contributed by atoms with E-state index in [0.29, 0.717) is 5.89 Å². The molecular weight excluding hydrogens is 206 g/mol. The molecule has 0 bridgehead atoms. The van der Waals surface area contributed by atoms with E-state index in [9.17, 15) is 8.78 Å². The summed E-state index contributed by atoms with van der Waals surface area (Å²) in [6, 6.07) is 0. The topological polar surface area (TPSA) is 48.2 Å². The highest BCUT2D eigenvalue weighted by molar-refractivity contribution is 4.82. The molecule has 0 radical (unpaired) electrons. The molecule has 0 saturated carbocycles. The SMILES string of the molecule is Cc1nc(COC(F)(F)C(C)(C)C)no1. The van der Waals surface area contributed by atoms with Gasteiger partial charge >= 0.3 is 6.11 Å². The second kappa shape index (κ2) is 3.84. The number of ether oxygens (including phenoxy) is 1. The van der Waals surface area contributed by atoms with Crippen LogP contribution in [-0.2, 0) is 11.3 Å². The number of nitrogens with zero attached hydrogens (tertiary/aromatic N) is 2. The lowest BCUT2D eigenvalue weighted by atomic mass is 9.95. The zero-order valence-corrected chi connectivity index (χ0v) is 9.17. The molecule has 0 aromatic carbocycles. The van der Waals surface area contributed by atoms with Crippen LogP contribution in [0, 0.1) is 12.3 Å². The first-order valence-electron chi connectivity index (χ1n) is 4.53. The van der Waals surface area contributed by atoms with E-state index < -0.39 is 11.5 Å². The van der Waals surface area contributed by atoms with Crippen LogP contribution in [0.25, 0.3) is 0 Å². The summed E-state index contributed by atoms with van der Waals surface area (Å²) in [7, 11) is 0. The Morgan fingerprint density at radius 1 is 1.33 bits per heavy atom. The normalized spacial score (nSPS) is 13.2. The summed E-state index contributed by atoms with van der Waals surface area (Å²) in [5.74, 6) is 0.448. The Labute approximate surface area is 86.6 Å². The van der Waals surface area contributed by atoms with Gasteiger partial charge in [0.2, 0.25) is 5.89 Å². The van der Waals surface area contributed by atoms with Crippen molar-refractivity contribution in [3.8, 4) is 0 Å². The van der Waals surface area contributed by atoms with E-state index in [1.165, 1.54) is 20.8 Å². The molecule has 1 aromatic rings. The van der Waals surface area contributed by atoms with Crippen molar-refractivity contribution < 1.29 is 18.0 Å². The maximum absolute atomic E-state index is 13.3. The molecule has 0 N–H and O–H groups in total. The smallest absolute Gasteiger partial charge is 0.340 e. The van der Waals surface area contributed by atoms with E-state index in [-0.39, 0.29) is 12.4 Å². The molecular formula is C9H14F2N2O2. The van der Waals surface area contributed by atoms with Crippen LogP contribution in [0.3, 0.4) is 0 Å². The highest BCUT2D eigenvalue weighted by atomic mass is 19.3. The Balaban J connectivity index is 2.57. The number of halogens is 2. The van der Waals surface area contributed by atoms with Crippen LogP contribution in [-0.4, -0.2) is 16.2 Å². The Hall–Kier alpha value is -1.04. The van der Waals surface area contributed by atoms with Crippen LogP contribution in [0.4, 0.5) is 8.78 Å². The van der Waals surface area contributed by atoms with Gasteiger partial charge in [0.05, 0.1) is 5.41 Å². The summed E-state index contributed by atoms with van der Waals surface area (Å²) in [5, 5.41) is 3.46. The zero-order valence-electron chi connectivity index (χ0n) is 9.17. The zero-order chi connectivity index (χ0) is 11.7. The summed E-state index contributed by atoms with van der Waals surface area (Å²) in [6.45, 7) is 5.41. The van der Waals surface area contributed by atoms with Gasteiger partial charge in [0.1, 0.15) is 6.61 Å². The molecule has 0 unspecified atom stereocenters. The lowest BCUT2D eigenvalue weighted by Gasteiger charge is -2.29. The van der Waals surface area contributed by atoms with Gasteiger partial charge < -0.3 is 9.26 Å². The van der Waals surface area contributed by atoms with Gasteiger partial charge in [-0.1, -0.05) is 25.9 Å². The predicted molar refractivity (Wildman–Crippen MR) is 48.2 cm³/mol. The monoisotopic (exact) mass is 220 g/mol. The minimum Gasteiger partial charge on any atom is -0.340 e. The Morgan fingerprint density at radius 3 is 2.33 bits per heavy atom. The molecule has 0 aliphatic rings. The van der Waals surface area contributed by atoms with Gasteiger partial charge in [-0.2, -0.15) is 13.8 Å². The lowest BCUT2D eigenvalue weighted by molar-refractivity contribution is -0.301. The molecule has 86 valence electrons. The van der Waals surface area contributed by atoms with Crippen LogP contribution < -0.4 is 0 Å². The third-order valence-electron chi connectivity index (χ3n) is 1.83. The molecule has 0 aliphatic heterocycles. The van der Waals surface area contributed by atoms with Crippen molar-refractivity contribution in [3.63, 3.8) is 0 Å². The summed E-state index contributed by atoms with van der Waals surface area (Å²) in [5.41, 5.74) is -1.26. The van der Waals surface area contributed by atoms with Crippen molar-refractivity contribution in [2.75, 3.05) is 0 Å². The molecule has 0 atom stereocenters. The largest absolute Gasteiger partial charge is 0.360 e. The van der Waals surface area contributed by atoms with E-state index in [4.69, 9.17) is 0 Å². The molecule has 1 heterocycles. The maximum atomic E-state index is 13.3. The molecule has 0 spiro atoms. The highest BCUT2D eigenvalue weighted by Crippen LogP contribution is 2.36. The first kappa shape index (κ1) is 12.0. The highest BCUT2D eigenvalue weighted by Gasteiger charge is 2.44. The van der Waals surface area contributed by atoms with Gasteiger partial charge in [0.25, 0.3) is 0 Å². The van der Waals surface area contributed by atoms with Crippen molar-refractivity contribution in [2.24, 2.45) is 5.41 Å². The fourth-order valence-corrected chi connectivity index (χ4v) is 0.772. The lowest BCUT2D eigenvalue weighted by Crippen LogP contribution is -2.36. The van der Waals surface area contributed by atoms with Gasteiger partial charge in [-0.05, 0) is 0 Å². The number of hydrogen-bond donors (Lipinski definition) is 0. The Bertz CT molecular complexity index is 331. The van der Waals surface area contributed by atoms with Crippen molar-refractivity contribution in [1.29, 1.82) is 0 Å². The number of alkyl halides is 2. The second-order valence-electron chi connectivity index (χ2n) is 4.29. The van der Waals surface area contributed by atoms with Gasteiger partial charge in [-0.3, -0.25) is 0 Å². The fraction of sp³-hybridized carbons (Fsp3) is 0.778. The van der Waals surface area contributed by atoms with Crippen molar-refractivity contribution in [2.45, 2.75) is 40.4 Å². The second-order valence-corrected chi connectivity index (χ2v) is 4.29. The number of rotatable bonds is 3. The van der Waals surface area contributed by atoms with Crippen LogP contribution in [0.15, 0.2) is 4.52 Å². The molecule has 6 heteroatoms. The van der Waals surface area contributed by atoms with Crippen LogP contribution in [0.5, 0.6) is 0 Å². The number of hydrogen-bond acceptors (Lipinski definition) is 4. The average Bonchev–Trinajstić information content (AvgIpc) is 2.46. The summed E-state index contributed by atoms with van der Waals surface area (Å²) < 4.78 is 35.7. The maximum Gasteiger partial charge on any atom is 0.360 e. The first-order chi connectivity index (χ1) is 6.72. The predicted octanol–water partition coefficient (Wildman–Crippen LogP) is 2.53. The third kappa shape index (κ3) is 2.95. The van der Waals surface area contributed by atoms with Crippen LogP contribution in [0.2, 0.25) is 0 Å².